The number of carbonyl (C=O) groups is 2. The minimum absolute atomic E-state index is 0.0131. The summed E-state index contributed by atoms with van der Waals surface area (Å²) in [6, 6.07) is 0. The summed E-state index contributed by atoms with van der Waals surface area (Å²) in [7, 11) is 0. The molecule has 0 saturated carbocycles. The van der Waals surface area contributed by atoms with Crippen LogP contribution in [0, 0.1) is 5.92 Å². The number of hydrogen-bond donors (Lipinski definition) is 4. The molecule has 5 N–H and O–H groups in total. The molecule has 0 saturated heterocycles. The molecule has 0 aromatic carbocycles. The van der Waals surface area contributed by atoms with Gasteiger partial charge in [-0.15, -0.1) is 0 Å². The Kier molecular flexibility index (Phi) is 6.75. The normalized spacial score (nSPS) is 14.4. The van der Waals surface area contributed by atoms with Crippen molar-refractivity contribution >= 4 is 11.9 Å². The highest BCUT2D eigenvalue weighted by molar-refractivity contribution is 5.86. The maximum absolute atomic E-state index is 11.0. The van der Waals surface area contributed by atoms with Crippen LogP contribution < -0.4 is 11.1 Å². The summed E-state index contributed by atoms with van der Waals surface area (Å²) in [6.45, 7) is 3.79. The van der Waals surface area contributed by atoms with E-state index in [0.717, 1.165) is 12.8 Å². The van der Waals surface area contributed by atoms with E-state index in [9.17, 15) is 14.7 Å². The minimum Gasteiger partial charge on any atom is -0.478 e. The summed E-state index contributed by atoms with van der Waals surface area (Å²) in [6.07, 6.45) is 2.29. The Morgan fingerprint density at radius 2 is 1.94 bits per heavy atom. The van der Waals surface area contributed by atoms with Gasteiger partial charge in [-0.1, -0.05) is 26.7 Å². The average Bonchev–Trinajstić information content (AvgIpc) is 2.23. The van der Waals surface area contributed by atoms with Gasteiger partial charge in [-0.3, -0.25) is 4.79 Å². The second-order valence-corrected chi connectivity index (χ2v) is 4.56. The van der Waals surface area contributed by atoms with Gasteiger partial charge in [0.2, 0.25) is 11.6 Å². The highest BCUT2D eigenvalue weighted by Gasteiger charge is 2.36. The number of carboxylic acids is 1. The number of hydrogen-bond acceptors (Lipinski definition) is 4. The third-order valence-electron chi connectivity index (χ3n) is 2.46. The molecular formula is C11H22N2O4. The Bertz CT molecular complexity index is 268. The molecule has 0 aliphatic rings. The Morgan fingerprint density at radius 3 is 2.35 bits per heavy atom. The van der Waals surface area contributed by atoms with E-state index in [1.54, 1.807) is 0 Å². The standard InChI is InChI=1S/C11H22N2O4/c1-8(2)5-3-4-6-11(17,10(15)16)13-9(14)7-12/h8,17H,3-7,12H2,1-2H3,(H,13,14)(H,15,16). The summed E-state index contributed by atoms with van der Waals surface area (Å²) in [4.78, 5) is 21.9. The molecule has 6 nitrogen and oxygen atoms in total. The molecule has 0 bridgehead atoms. The third kappa shape index (κ3) is 6.23. The zero-order valence-corrected chi connectivity index (χ0v) is 10.4. The molecule has 6 heteroatoms. The smallest absolute Gasteiger partial charge is 0.357 e. The number of carbonyl (C=O) groups excluding carboxylic acids is 1. The highest BCUT2D eigenvalue weighted by atomic mass is 16.4. The van der Waals surface area contributed by atoms with Crippen molar-refractivity contribution in [2.45, 2.75) is 45.3 Å². The van der Waals surface area contributed by atoms with Crippen LogP contribution in [0.1, 0.15) is 39.5 Å². The van der Waals surface area contributed by atoms with Crippen LogP contribution in [-0.2, 0) is 9.59 Å². The fourth-order valence-electron chi connectivity index (χ4n) is 1.44. The van der Waals surface area contributed by atoms with Crippen molar-refractivity contribution in [1.29, 1.82) is 0 Å². The minimum atomic E-state index is -2.20. The van der Waals surface area contributed by atoms with E-state index in [4.69, 9.17) is 10.8 Å². The molecule has 0 rings (SSSR count). The first-order valence-electron chi connectivity index (χ1n) is 5.78. The molecule has 0 fully saturated rings. The molecule has 0 aliphatic heterocycles. The molecule has 0 aromatic rings. The summed E-state index contributed by atoms with van der Waals surface area (Å²) < 4.78 is 0. The van der Waals surface area contributed by atoms with Crippen LogP contribution in [0.3, 0.4) is 0 Å². The molecule has 0 spiro atoms. The predicted octanol–water partition coefficient (Wildman–Crippen LogP) is 0.0509. The first kappa shape index (κ1) is 15.9. The zero-order chi connectivity index (χ0) is 13.5. The predicted molar refractivity (Wildman–Crippen MR) is 63.1 cm³/mol. The van der Waals surface area contributed by atoms with Crippen molar-refractivity contribution in [3.8, 4) is 0 Å². The van der Waals surface area contributed by atoms with Gasteiger partial charge in [-0.2, -0.15) is 0 Å². The lowest BCUT2D eigenvalue weighted by Crippen LogP contribution is -2.55. The number of nitrogens with two attached hydrogens (primary N) is 1. The van der Waals surface area contributed by atoms with Crippen LogP contribution >= 0.6 is 0 Å². The van der Waals surface area contributed by atoms with Gasteiger partial charge in [0.05, 0.1) is 6.54 Å². The van der Waals surface area contributed by atoms with E-state index in [1.165, 1.54) is 0 Å². The summed E-state index contributed by atoms with van der Waals surface area (Å²) in [5.74, 6) is -1.60. The van der Waals surface area contributed by atoms with Gasteiger partial charge >= 0.3 is 5.97 Å². The van der Waals surface area contributed by atoms with Crippen molar-refractivity contribution in [2.24, 2.45) is 11.7 Å². The molecular weight excluding hydrogens is 224 g/mol. The first-order valence-corrected chi connectivity index (χ1v) is 5.78. The Morgan fingerprint density at radius 1 is 1.35 bits per heavy atom. The van der Waals surface area contributed by atoms with Crippen LogP contribution in [0.4, 0.5) is 0 Å². The number of amides is 1. The topological polar surface area (TPSA) is 113 Å². The molecule has 0 aromatic heterocycles. The van der Waals surface area contributed by atoms with Gasteiger partial charge in [0.1, 0.15) is 0 Å². The van der Waals surface area contributed by atoms with Crippen molar-refractivity contribution in [2.75, 3.05) is 6.54 Å². The van der Waals surface area contributed by atoms with Gasteiger partial charge in [-0.05, 0) is 12.3 Å². The summed E-state index contributed by atoms with van der Waals surface area (Å²) >= 11 is 0. The van der Waals surface area contributed by atoms with E-state index < -0.39 is 17.6 Å². The van der Waals surface area contributed by atoms with Crippen LogP contribution in [0.15, 0.2) is 0 Å². The SMILES string of the molecule is CC(C)CCCCC(O)(NC(=O)CN)C(=O)O. The Balaban J connectivity index is 4.22. The molecule has 1 atom stereocenters. The Hall–Kier alpha value is -1.14. The van der Waals surface area contributed by atoms with Crippen LogP contribution in [0.25, 0.3) is 0 Å². The number of carboxylic acid groups (broad SMARTS) is 1. The van der Waals surface area contributed by atoms with Crippen molar-refractivity contribution in [3.63, 3.8) is 0 Å². The van der Waals surface area contributed by atoms with E-state index in [1.807, 2.05) is 5.32 Å². The molecule has 100 valence electrons. The number of unbranched alkanes of at least 4 members (excludes halogenated alkanes) is 1. The van der Waals surface area contributed by atoms with Crippen molar-refractivity contribution in [1.82, 2.24) is 5.32 Å². The number of nitrogens with one attached hydrogen (secondary N) is 1. The fourth-order valence-corrected chi connectivity index (χ4v) is 1.44. The highest BCUT2D eigenvalue weighted by Crippen LogP contribution is 2.15. The first-order chi connectivity index (χ1) is 7.81. The van der Waals surface area contributed by atoms with Gasteiger partial charge in [0, 0.05) is 6.42 Å². The number of aliphatic carboxylic acids is 1. The summed E-state index contributed by atoms with van der Waals surface area (Å²) in [5.41, 5.74) is 2.86. The van der Waals surface area contributed by atoms with Crippen LogP contribution in [0.2, 0.25) is 0 Å². The van der Waals surface area contributed by atoms with Crippen LogP contribution in [-0.4, -0.2) is 34.4 Å². The van der Waals surface area contributed by atoms with Crippen molar-refractivity contribution in [3.05, 3.63) is 0 Å². The maximum atomic E-state index is 11.0. The molecule has 0 radical (unpaired) electrons. The second kappa shape index (κ2) is 7.24. The van der Waals surface area contributed by atoms with Crippen LogP contribution in [0.5, 0.6) is 0 Å². The largest absolute Gasteiger partial charge is 0.478 e. The second-order valence-electron chi connectivity index (χ2n) is 4.56. The molecule has 17 heavy (non-hydrogen) atoms. The molecule has 0 heterocycles. The number of aliphatic hydroxyl groups is 1. The van der Waals surface area contributed by atoms with Gasteiger partial charge in [0.15, 0.2) is 0 Å². The van der Waals surface area contributed by atoms with Gasteiger partial charge < -0.3 is 21.3 Å². The Labute approximate surface area is 101 Å². The maximum Gasteiger partial charge on any atom is 0.357 e. The van der Waals surface area contributed by atoms with Gasteiger partial charge in [0.25, 0.3) is 0 Å². The average molecular weight is 246 g/mol. The quantitative estimate of drug-likeness (QED) is 0.357. The van der Waals surface area contributed by atoms with E-state index in [0.29, 0.717) is 12.3 Å². The summed E-state index contributed by atoms with van der Waals surface area (Å²) in [5, 5.41) is 20.7. The molecule has 1 amide bonds. The molecule has 0 aliphatic carbocycles. The zero-order valence-electron chi connectivity index (χ0n) is 10.4. The fraction of sp³-hybridized carbons (Fsp3) is 0.818. The lowest BCUT2D eigenvalue weighted by atomic mass is 10.0. The van der Waals surface area contributed by atoms with E-state index >= 15 is 0 Å². The molecule has 1 unspecified atom stereocenters. The third-order valence-corrected chi connectivity index (χ3v) is 2.46. The lowest BCUT2D eigenvalue weighted by Gasteiger charge is -2.24. The van der Waals surface area contributed by atoms with E-state index in [-0.39, 0.29) is 13.0 Å². The van der Waals surface area contributed by atoms with E-state index in [2.05, 4.69) is 13.8 Å². The van der Waals surface area contributed by atoms with Crippen molar-refractivity contribution < 1.29 is 19.8 Å². The monoisotopic (exact) mass is 246 g/mol. The lowest BCUT2D eigenvalue weighted by molar-refractivity contribution is -0.166. The number of rotatable bonds is 8. The van der Waals surface area contributed by atoms with Gasteiger partial charge in [-0.25, -0.2) is 4.79 Å².